The van der Waals surface area contributed by atoms with Crippen LogP contribution in [0.15, 0.2) is 23.2 Å². The average Bonchev–Trinajstić information content (AvgIpc) is 2.80. The van der Waals surface area contributed by atoms with Gasteiger partial charge in [-0.25, -0.2) is 9.97 Å². The molecular weight excluding hydrogens is 232 g/mol. The van der Waals surface area contributed by atoms with E-state index in [1.165, 1.54) is 0 Å². The number of nitrogen functional groups attached to an aromatic ring is 1. The molecule has 1 atom stereocenters. The van der Waals surface area contributed by atoms with Gasteiger partial charge >= 0.3 is 0 Å². The van der Waals surface area contributed by atoms with Crippen LogP contribution in [0.4, 0.5) is 5.82 Å². The number of hydrogen-bond acceptors (Lipinski definition) is 5. The molecule has 17 heavy (non-hydrogen) atoms. The van der Waals surface area contributed by atoms with Crippen LogP contribution in [0.2, 0.25) is 0 Å². The quantitative estimate of drug-likeness (QED) is 0.870. The molecule has 0 aliphatic carbocycles. The summed E-state index contributed by atoms with van der Waals surface area (Å²) in [5.74, 6) is 0.573. The van der Waals surface area contributed by atoms with Crippen molar-refractivity contribution in [3.8, 4) is 0 Å². The number of thiazole rings is 1. The lowest BCUT2D eigenvalue weighted by Gasteiger charge is -2.19. The van der Waals surface area contributed by atoms with Crippen LogP contribution in [0, 0.1) is 6.92 Å². The Morgan fingerprint density at radius 1 is 1.47 bits per heavy atom. The van der Waals surface area contributed by atoms with Gasteiger partial charge in [0, 0.05) is 17.1 Å². The highest BCUT2D eigenvalue weighted by Gasteiger charge is 2.19. The van der Waals surface area contributed by atoms with E-state index < -0.39 is 0 Å². The van der Waals surface area contributed by atoms with Crippen molar-refractivity contribution >= 4 is 17.2 Å². The Labute approximate surface area is 105 Å². The zero-order valence-corrected chi connectivity index (χ0v) is 10.8. The molecule has 0 amide bonds. The summed E-state index contributed by atoms with van der Waals surface area (Å²) in [6.45, 7) is 4.97. The summed E-state index contributed by atoms with van der Waals surface area (Å²) < 4.78 is 0. The van der Waals surface area contributed by atoms with Gasteiger partial charge in [-0.3, -0.25) is 0 Å². The first kappa shape index (κ1) is 12.0. The van der Waals surface area contributed by atoms with Crippen molar-refractivity contribution in [2.45, 2.75) is 19.9 Å². The Bertz CT molecular complexity index is 461. The maximum absolute atomic E-state index is 5.98. The van der Waals surface area contributed by atoms with Crippen molar-refractivity contribution in [2.24, 2.45) is 0 Å². The lowest BCUT2D eigenvalue weighted by Crippen LogP contribution is -2.24. The number of pyridine rings is 1. The number of rotatable bonds is 4. The predicted molar refractivity (Wildman–Crippen MR) is 71.0 cm³/mol. The maximum Gasteiger partial charge on any atom is 0.128 e. The Morgan fingerprint density at radius 3 is 2.88 bits per heavy atom. The van der Waals surface area contributed by atoms with Crippen LogP contribution in [0.5, 0.6) is 0 Å². The zero-order valence-electron chi connectivity index (χ0n) is 9.97. The van der Waals surface area contributed by atoms with E-state index >= 15 is 0 Å². The molecular formula is C12H16N4S. The molecule has 3 N–H and O–H groups in total. The molecule has 5 heteroatoms. The molecule has 0 fully saturated rings. The van der Waals surface area contributed by atoms with Crippen LogP contribution in [-0.2, 0) is 0 Å². The average molecular weight is 248 g/mol. The van der Waals surface area contributed by atoms with Gasteiger partial charge in [-0.15, -0.1) is 11.3 Å². The van der Waals surface area contributed by atoms with Gasteiger partial charge < -0.3 is 11.1 Å². The van der Waals surface area contributed by atoms with E-state index in [1.807, 2.05) is 23.9 Å². The van der Waals surface area contributed by atoms with Gasteiger partial charge in [-0.1, -0.05) is 6.92 Å². The summed E-state index contributed by atoms with van der Waals surface area (Å²) in [6, 6.07) is 2.00. The summed E-state index contributed by atoms with van der Waals surface area (Å²) in [5.41, 5.74) is 11.0. The summed E-state index contributed by atoms with van der Waals surface area (Å²) in [5, 5.41) is 5.45. The summed E-state index contributed by atoms with van der Waals surface area (Å²) in [4.78, 5) is 8.53. The SMILES string of the molecule is CCNC(c1cscn1)c1c(C)ccnc1N. The minimum absolute atomic E-state index is 0.0277. The third kappa shape index (κ3) is 2.45. The normalized spacial score (nSPS) is 12.6. The molecule has 2 heterocycles. The van der Waals surface area contributed by atoms with Crippen LogP contribution in [0.3, 0.4) is 0 Å². The van der Waals surface area contributed by atoms with E-state index in [9.17, 15) is 0 Å². The molecule has 2 rings (SSSR count). The molecule has 0 aliphatic heterocycles. The number of nitrogens with zero attached hydrogens (tertiary/aromatic N) is 2. The van der Waals surface area contributed by atoms with Crippen molar-refractivity contribution in [1.29, 1.82) is 0 Å². The maximum atomic E-state index is 5.98. The standard InChI is InChI=1S/C12H16N4S/c1-3-14-11(9-6-17-7-16-9)10-8(2)4-5-15-12(10)13/h4-7,11,14H,3H2,1-2H3,(H2,13,15). The van der Waals surface area contributed by atoms with E-state index in [0.717, 1.165) is 23.4 Å². The summed E-state index contributed by atoms with van der Waals surface area (Å²) in [7, 11) is 0. The van der Waals surface area contributed by atoms with Crippen molar-refractivity contribution in [1.82, 2.24) is 15.3 Å². The van der Waals surface area contributed by atoms with Gasteiger partial charge in [-0.05, 0) is 25.1 Å². The van der Waals surface area contributed by atoms with Crippen LogP contribution in [0.1, 0.15) is 29.8 Å². The third-order valence-electron chi connectivity index (χ3n) is 2.68. The fraction of sp³-hybridized carbons (Fsp3) is 0.333. The first-order valence-corrected chi connectivity index (χ1v) is 6.50. The van der Waals surface area contributed by atoms with Gasteiger partial charge in [0.25, 0.3) is 0 Å². The van der Waals surface area contributed by atoms with Gasteiger partial charge in [0.15, 0.2) is 0 Å². The monoisotopic (exact) mass is 248 g/mol. The van der Waals surface area contributed by atoms with E-state index in [4.69, 9.17) is 5.73 Å². The fourth-order valence-electron chi connectivity index (χ4n) is 1.89. The molecule has 1 unspecified atom stereocenters. The van der Waals surface area contributed by atoms with Gasteiger partial charge in [0.05, 0.1) is 17.2 Å². The van der Waals surface area contributed by atoms with Crippen LogP contribution < -0.4 is 11.1 Å². The fourth-order valence-corrected chi connectivity index (χ4v) is 2.47. The van der Waals surface area contributed by atoms with Gasteiger partial charge in [-0.2, -0.15) is 0 Å². The van der Waals surface area contributed by atoms with E-state index in [2.05, 4.69) is 22.2 Å². The van der Waals surface area contributed by atoms with Crippen molar-refractivity contribution < 1.29 is 0 Å². The molecule has 0 aromatic carbocycles. The second kappa shape index (κ2) is 5.25. The number of aryl methyl sites for hydroxylation is 1. The largest absolute Gasteiger partial charge is 0.383 e. The molecule has 90 valence electrons. The van der Waals surface area contributed by atoms with Crippen molar-refractivity contribution in [2.75, 3.05) is 12.3 Å². The Balaban J connectivity index is 2.46. The first-order valence-electron chi connectivity index (χ1n) is 5.56. The minimum atomic E-state index is 0.0277. The van der Waals surface area contributed by atoms with Gasteiger partial charge in [0.2, 0.25) is 0 Å². The molecule has 0 bridgehead atoms. The molecule has 2 aromatic heterocycles. The van der Waals surface area contributed by atoms with Crippen molar-refractivity contribution in [3.63, 3.8) is 0 Å². The lowest BCUT2D eigenvalue weighted by atomic mass is 10.0. The molecule has 0 aliphatic rings. The zero-order chi connectivity index (χ0) is 12.3. The van der Waals surface area contributed by atoms with E-state index in [1.54, 1.807) is 17.5 Å². The number of anilines is 1. The minimum Gasteiger partial charge on any atom is -0.383 e. The highest BCUT2D eigenvalue weighted by Crippen LogP contribution is 2.28. The molecule has 0 spiro atoms. The molecule has 2 aromatic rings. The van der Waals surface area contributed by atoms with Crippen molar-refractivity contribution in [3.05, 3.63) is 40.0 Å². The first-order chi connectivity index (χ1) is 8.24. The second-order valence-corrected chi connectivity index (χ2v) is 4.55. The number of nitrogens with two attached hydrogens (primary N) is 1. The number of nitrogens with one attached hydrogen (secondary N) is 1. The summed E-state index contributed by atoms with van der Waals surface area (Å²) in [6.07, 6.45) is 1.73. The second-order valence-electron chi connectivity index (χ2n) is 3.83. The topological polar surface area (TPSA) is 63.8 Å². The third-order valence-corrected chi connectivity index (χ3v) is 3.29. The van der Waals surface area contributed by atoms with Gasteiger partial charge in [0.1, 0.15) is 5.82 Å². The Kier molecular flexibility index (Phi) is 3.71. The number of aromatic nitrogens is 2. The molecule has 0 radical (unpaired) electrons. The lowest BCUT2D eigenvalue weighted by molar-refractivity contribution is 0.616. The Morgan fingerprint density at radius 2 is 2.29 bits per heavy atom. The predicted octanol–water partition coefficient (Wildman–Crippen LogP) is 2.13. The van der Waals surface area contributed by atoms with Crippen LogP contribution in [-0.4, -0.2) is 16.5 Å². The highest BCUT2D eigenvalue weighted by molar-refractivity contribution is 7.07. The van der Waals surface area contributed by atoms with Crippen LogP contribution in [0.25, 0.3) is 0 Å². The van der Waals surface area contributed by atoms with E-state index in [0.29, 0.717) is 5.82 Å². The highest BCUT2D eigenvalue weighted by atomic mass is 32.1. The van der Waals surface area contributed by atoms with E-state index in [-0.39, 0.29) is 6.04 Å². The molecule has 4 nitrogen and oxygen atoms in total. The van der Waals surface area contributed by atoms with Crippen LogP contribution >= 0.6 is 11.3 Å². The summed E-state index contributed by atoms with van der Waals surface area (Å²) >= 11 is 1.59. The smallest absolute Gasteiger partial charge is 0.128 e. The molecule has 0 saturated heterocycles. The number of hydrogen-bond donors (Lipinski definition) is 2. The molecule has 0 saturated carbocycles. The Hall–Kier alpha value is -1.46.